The van der Waals surface area contributed by atoms with Crippen molar-refractivity contribution in [2.45, 2.75) is 19.4 Å². The monoisotopic (exact) mass is 350 g/mol. The van der Waals surface area contributed by atoms with Crippen LogP contribution in [0, 0.1) is 3.57 Å². The highest BCUT2D eigenvalue weighted by Crippen LogP contribution is 2.29. The molecule has 0 aliphatic carbocycles. The van der Waals surface area contributed by atoms with Crippen molar-refractivity contribution in [1.29, 1.82) is 0 Å². The predicted molar refractivity (Wildman–Crippen MR) is 78.5 cm³/mol. The highest BCUT2D eigenvalue weighted by atomic mass is 127. The average Bonchev–Trinajstić information content (AvgIpc) is 2.67. The number of nitrogens with zero attached hydrogens (tertiary/aromatic N) is 1. The Bertz CT molecular complexity index is 370. The van der Waals surface area contributed by atoms with Crippen LogP contribution in [0.4, 0.5) is 5.69 Å². The van der Waals surface area contributed by atoms with Gasteiger partial charge in [-0.25, -0.2) is 0 Å². The summed E-state index contributed by atoms with van der Waals surface area (Å²) < 4.78 is 1.19. The lowest BCUT2D eigenvalue weighted by atomic mass is 10.2. The van der Waals surface area contributed by atoms with E-state index in [0.717, 1.165) is 24.7 Å². The third-order valence-corrected chi connectivity index (χ3v) is 3.91. The summed E-state index contributed by atoms with van der Waals surface area (Å²) in [6.45, 7) is 5.35. The fourth-order valence-corrected chi connectivity index (χ4v) is 3.15. The lowest BCUT2D eigenvalue weighted by molar-refractivity contribution is 0.572. The number of hydrogen-bond acceptors (Lipinski definition) is 2. The van der Waals surface area contributed by atoms with Gasteiger partial charge in [0.1, 0.15) is 0 Å². The van der Waals surface area contributed by atoms with Crippen molar-refractivity contribution in [2.75, 3.05) is 24.5 Å². The summed E-state index contributed by atoms with van der Waals surface area (Å²) in [6.07, 6.45) is 1.20. The number of hydrogen-bond donors (Lipinski definition) is 1. The highest BCUT2D eigenvalue weighted by Gasteiger charge is 2.22. The minimum absolute atomic E-state index is 0.611. The maximum Gasteiger partial charge on any atom is 0.0650 e. The van der Waals surface area contributed by atoms with E-state index >= 15 is 0 Å². The molecule has 1 aromatic carbocycles. The smallest absolute Gasteiger partial charge is 0.0650 e. The lowest BCUT2D eigenvalue weighted by Gasteiger charge is -2.20. The molecule has 1 fully saturated rings. The van der Waals surface area contributed by atoms with Gasteiger partial charge in [0, 0.05) is 22.7 Å². The Balaban J connectivity index is 2.08. The third kappa shape index (κ3) is 2.81. The van der Waals surface area contributed by atoms with E-state index < -0.39 is 0 Å². The zero-order valence-electron chi connectivity index (χ0n) is 9.34. The molecule has 1 N–H and O–H groups in total. The Morgan fingerprint density at radius 2 is 2.38 bits per heavy atom. The van der Waals surface area contributed by atoms with E-state index in [9.17, 15) is 0 Å². The summed E-state index contributed by atoms with van der Waals surface area (Å²) in [6, 6.07) is 6.87. The van der Waals surface area contributed by atoms with Crippen LogP contribution in [0.3, 0.4) is 0 Å². The molecular formula is C12H16ClIN2. The van der Waals surface area contributed by atoms with Crippen LogP contribution in [0.1, 0.15) is 13.3 Å². The summed E-state index contributed by atoms with van der Waals surface area (Å²) in [5.41, 5.74) is 1.17. The molecule has 2 nitrogen and oxygen atoms in total. The molecular weight excluding hydrogens is 335 g/mol. The summed E-state index contributed by atoms with van der Waals surface area (Å²) in [7, 11) is 0. The summed E-state index contributed by atoms with van der Waals surface area (Å²) in [5, 5.41) is 4.35. The Kier molecular flexibility index (Phi) is 4.33. The second kappa shape index (κ2) is 5.56. The number of nitrogens with one attached hydrogen (secondary N) is 1. The number of rotatable bonds is 3. The van der Waals surface area contributed by atoms with Crippen LogP contribution in [0.2, 0.25) is 5.02 Å². The molecule has 1 atom stereocenters. The number of benzene rings is 1. The molecule has 0 amide bonds. The summed E-state index contributed by atoms with van der Waals surface area (Å²) >= 11 is 8.55. The fraction of sp³-hybridized carbons (Fsp3) is 0.500. The minimum atomic E-state index is 0.611. The molecule has 1 aliphatic rings. The molecule has 0 radical (unpaired) electrons. The summed E-state index contributed by atoms with van der Waals surface area (Å²) in [5.74, 6) is 0. The van der Waals surface area contributed by atoms with Gasteiger partial charge in [-0.3, -0.25) is 0 Å². The van der Waals surface area contributed by atoms with Crippen molar-refractivity contribution in [3.05, 3.63) is 26.8 Å². The standard InChI is InChI=1S/C12H16ClIN2/c1-2-15-10-5-6-16(8-10)12-4-3-9(14)7-11(12)13/h3-4,7,10,15H,2,5-6,8H2,1H3. The SMILES string of the molecule is CCNC1CCN(c2ccc(I)cc2Cl)C1. The van der Waals surface area contributed by atoms with E-state index in [1.165, 1.54) is 15.7 Å². The minimum Gasteiger partial charge on any atom is -0.369 e. The molecule has 0 spiro atoms. The Labute approximate surface area is 115 Å². The molecule has 0 bridgehead atoms. The van der Waals surface area contributed by atoms with Crippen molar-refractivity contribution < 1.29 is 0 Å². The number of anilines is 1. The van der Waals surface area contributed by atoms with Gasteiger partial charge in [-0.2, -0.15) is 0 Å². The van der Waals surface area contributed by atoms with Gasteiger partial charge < -0.3 is 10.2 Å². The van der Waals surface area contributed by atoms with Gasteiger partial charge in [0.2, 0.25) is 0 Å². The van der Waals surface area contributed by atoms with Crippen molar-refractivity contribution >= 4 is 39.9 Å². The predicted octanol–water partition coefficient (Wildman–Crippen LogP) is 3.13. The quantitative estimate of drug-likeness (QED) is 0.843. The molecule has 1 saturated heterocycles. The van der Waals surface area contributed by atoms with Gasteiger partial charge in [-0.05, 0) is 53.8 Å². The second-order valence-electron chi connectivity index (χ2n) is 4.09. The van der Waals surface area contributed by atoms with Crippen molar-refractivity contribution in [3.8, 4) is 0 Å². The summed E-state index contributed by atoms with van der Waals surface area (Å²) in [4.78, 5) is 2.37. The number of halogens is 2. The van der Waals surface area contributed by atoms with Crippen LogP contribution in [0.15, 0.2) is 18.2 Å². The molecule has 2 rings (SSSR count). The molecule has 88 valence electrons. The molecule has 1 aliphatic heterocycles. The largest absolute Gasteiger partial charge is 0.369 e. The van der Waals surface area contributed by atoms with E-state index in [4.69, 9.17) is 11.6 Å². The Hall–Kier alpha value is -0.0000000000000000555. The topological polar surface area (TPSA) is 15.3 Å². The first-order chi connectivity index (χ1) is 7.70. The highest BCUT2D eigenvalue weighted by molar-refractivity contribution is 14.1. The Morgan fingerprint density at radius 3 is 3.06 bits per heavy atom. The zero-order chi connectivity index (χ0) is 11.5. The van der Waals surface area contributed by atoms with Gasteiger partial charge in [0.25, 0.3) is 0 Å². The van der Waals surface area contributed by atoms with E-state index in [0.29, 0.717) is 6.04 Å². The van der Waals surface area contributed by atoms with Gasteiger partial charge in [-0.1, -0.05) is 18.5 Å². The average molecular weight is 351 g/mol. The molecule has 1 aromatic rings. The molecule has 4 heteroatoms. The first kappa shape index (κ1) is 12.5. The van der Waals surface area contributed by atoms with Crippen LogP contribution in [-0.4, -0.2) is 25.7 Å². The first-order valence-corrected chi connectivity index (χ1v) is 7.09. The first-order valence-electron chi connectivity index (χ1n) is 5.64. The van der Waals surface area contributed by atoms with Crippen LogP contribution in [0.5, 0.6) is 0 Å². The second-order valence-corrected chi connectivity index (χ2v) is 5.74. The fourth-order valence-electron chi connectivity index (χ4n) is 2.17. The van der Waals surface area contributed by atoms with Crippen molar-refractivity contribution in [1.82, 2.24) is 5.32 Å². The molecule has 0 saturated carbocycles. The van der Waals surface area contributed by atoms with Crippen molar-refractivity contribution in [2.24, 2.45) is 0 Å². The zero-order valence-corrected chi connectivity index (χ0v) is 12.3. The van der Waals surface area contributed by atoms with Crippen LogP contribution in [-0.2, 0) is 0 Å². The molecule has 1 unspecified atom stereocenters. The van der Waals surface area contributed by atoms with Gasteiger partial charge in [0.05, 0.1) is 10.7 Å². The van der Waals surface area contributed by atoms with E-state index in [1.54, 1.807) is 0 Å². The maximum absolute atomic E-state index is 6.27. The van der Waals surface area contributed by atoms with Gasteiger partial charge >= 0.3 is 0 Å². The molecule has 0 aromatic heterocycles. The molecule has 1 heterocycles. The van der Waals surface area contributed by atoms with Crippen molar-refractivity contribution in [3.63, 3.8) is 0 Å². The maximum atomic E-state index is 6.27. The number of likely N-dealkylation sites (N-methyl/N-ethyl adjacent to an activating group) is 1. The van der Waals surface area contributed by atoms with Crippen LogP contribution in [0.25, 0.3) is 0 Å². The van der Waals surface area contributed by atoms with Gasteiger partial charge in [0.15, 0.2) is 0 Å². The normalized spacial score (nSPS) is 20.4. The Morgan fingerprint density at radius 1 is 1.56 bits per heavy atom. The van der Waals surface area contributed by atoms with E-state index in [1.807, 2.05) is 6.07 Å². The van der Waals surface area contributed by atoms with E-state index in [-0.39, 0.29) is 0 Å². The lowest BCUT2D eigenvalue weighted by Crippen LogP contribution is -2.32. The third-order valence-electron chi connectivity index (χ3n) is 2.93. The van der Waals surface area contributed by atoms with E-state index in [2.05, 4.69) is 51.9 Å². The van der Waals surface area contributed by atoms with Crippen LogP contribution >= 0.6 is 34.2 Å². The molecule has 16 heavy (non-hydrogen) atoms. The van der Waals surface area contributed by atoms with Gasteiger partial charge in [-0.15, -0.1) is 0 Å². The van der Waals surface area contributed by atoms with Crippen LogP contribution < -0.4 is 10.2 Å².